The van der Waals surface area contributed by atoms with Crippen LogP contribution in [0.25, 0.3) is 0 Å². The van der Waals surface area contributed by atoms with Gasteiger partial charge in [0, 0.05) is 24.3 Å². The van der Waals surface area contributed by atoms with Gasteiger partial charge in [0.05, 0.1) is 17.6 Å². The summed E-state index contributed by atoms with van der Waals surface area (Å²) in [4.78, 5) is 19.1. The van der Waals surface area contributed by atoms with E-state index in [1.165, 1.54) is 18.9 Å². The molecule has 1 aromatic heterocycles. The maximum absolute atomic E-state index is 12.5. The van der Waals surface area contributed by atoms with E-state index >= 15 is 0 Å². The number of hydrogen-bond donors (Lipinski definition) is 2. The SMILES string of the molecule is CCCS(=O)(=O)Nc1cccc(C(=O)Nc2ccc(N3CCCC3)nc2)c1. The number of aromatic nitrogens is 1. The number of carbonyl (C=O) groups excluding carboxylic acids is 1. The lowest BCUT2D eigenvalue weighted by Gasteiger charge is -2.16. The highest BCUT2D eigenvalue weighted by atomic mass is 32.2. The smallest absolute Gasteiger partial charge is 0.255 e. The molecule has 1 aliphatic heterocycles. The largest absolute Gasteiger partial charge is 0.357 e. The second-order valence-electron chi connectivity index (χ2n) is 6.56. The lowest BCUT2D eigenvalue weighted by Crippen LogP contribution is -2.19. The van der Waals surface area contributed by atoms with Gasteiger partial charge in [-0.05, 0) is 49.6 Å². The molecule has 1 aliphatic rings. The molecule has 0 aliphatic carbocycles. The van der Waals surface area contributed by atoms with Crippen LogP contribution in [0.4, 0.5) is 17.2 Å². The third-order valence-corrected chi connectivity index (χ3v) is 5.80. The van der Waals surface area contributed by atoms with Crippen molar-refractivity contribution in [2.24, 2.45) is 0 Å². The molecule has 0 saturated carbocycles. The first-order valence-electron chi connectivity index (χ1n) is 9.10. The van der Waals surface area contributed by atoms with E-state index in [2.05, 4.69) is 19.9 Å². The van der Waals surface area contributed by atoms with Gasteiger partial charge >= 0.3 is 0 Å². The van der Waals surface area contributed by atoms with Crippen LogP contribution in [-0.4, -0.2) is 38.2 Å². The summed E-state index contributed by atoms with van der Waals surface area (Å²) in [5, 5.41) is 2.79. The quantitative estimate of drug-likeness (QED) is 0.761. The molecule has 0 atom stereocenters. The summed E-state index contributed by atoms with van der Waals surface area (Å²) in [5.41, 5.74) is 1.34. The van der Waals surface area contributed by atoms with Crippen LogP contribution in [0.2, 0.25) is 0 Å². The monoisotopic (exact) mass is 388 g/mol. The molecule has 2 aromatic rings. The third-order valence-electron chi connectivity index (χ3n) is 4.31. The molecule has 0 bridgehead atoms. The summed E-state index contributed by atoms with van der Waals surface area (Å²) in [7, 11) is -3.40. The number of rotatable bonds is 7. The molecular weight excluding hydrogens is 364 g/mol. The van der Waals surface area contributed by atoms with Crippen molar-refractivity contribution in [3.05, 3.63) is 48.2 Å². The predicted octanol–water partition coefficient (Wildman–Crippen LogP) is 3.09. The van der Waals surface area contributed by atoms with Gasteiger partial charge in [0.1, 0.15) is 5.82 Å². The zero-order chi connectivity index (χ0) is 19.3. The van der Waals surface area contributed by atoms with Crippen LogP contribution >= 0.6 is 0 Å². The molecule has 0 radical (unpaired) electrons. The molecular formula is C19H24N4O3S. The second kappa shape index (κ2) is 8.39. The van der Waals surface area contributed by atoms with Crippen LogP contribution in [-0.2, 0) is 10.0 Å². The lowest BCUT2D eigenvalue weighted by atomic mass is 10.2. The average molecular weight is 388 g/mol. The Kier molecular flexibility index (Phi) is 5.95. The molecule has 144 valence electrons. The second-order valence-corrected chi connectivity index (χ2v) is 8.40. The summed E-state index contributed by atoms with van der Waals surface area (Å²) in [6.07, 6.45) is 4.52. The van der Waals surface area contributed by atoms with Crippen molar-refractivity contribution in [3.8, 4) is 0 Å². The maximum atomic E-state index is 12.5. The Morgan fingerprint density at radius 2 is 1.93 bits per heavy atom. The van der Waals surface area contributed by atoms with E-state index in [9.17, 15) is 13.2 Å². The number of amides is 1. The molecule has 2 N–H and O–H groups in total. The Bertz CT molecular complexity index is 891. The predicted molar refractivity (Wildman–Crippen MR) is 108 cm³/mol. The van der Waals surface area contributed by atoms with Crippen LogP contribution in [0.5, 0.6) is 0 Å². The van der Waals surface area contributed by atoms with Crippen molar-refractivity contribution in [3.63, 3.8) is 0 Å². The molecule has 1 aromatic carbocycles. The molecule has 7 nitrogen and oxygen atoms in total. The highest BCUT2D eigenvalue weighted by Crippen LogP contribution is 2.20. The average Bonchev–Trinajstić information content (AvgIpc) is 3.17. The minimum absolute atomic E-state index is 0.0401. The number of anilines is 3. The van der Waals surface area contributed by atoms with Gasteiger partial charge in [-0.1, -0.05) is 13.0 Å². The van der Waals surface area contributed by atoms with Crippen molar-refractivity contribution in [1.29, 1.82) is 0 Å². The van der Waals surface area contributed by atoms with Crippen LogP contribution in [0, 0.1) is 0 Å². The number of pyridine rings is 1. The van der Waals surface area contributed by atoms with Gasteiger partial charge in [-0.25, -0.2) is 13.4 Å². The summed E-state index contributed by atoms with van der Waals surface area (Å²) in [6.45, 7) is 3.82. The van der Waals surface area contributed by atoms with Crippen LogP contribution in [0.3, 0.4) is 0 Å². The van der Waals surface area contributed by atoms with E-state index < -0.39 is 10.0 Å². The van der Waals surface area contributed by atoms with Gasteiger partial charge in [0.15, 0.2) is 0 Å². The molecule has 1 fully saturated rings. The number of carbonyl (C=O) groups is 1. The number of hydrogen-bond acceptors (Lipinski definition) is 5. The first-order valence-corrected chi connectivity index (χ1v) is 10.7. The molecule has 1 saturated heterocycles. The Labute approximate surface area is 159 Å². The van der Waals surface area contributed by atoms with E-state index in [1.54, 1.807) is 31.3 Å². The van der Waals surface area contributed by atoms with Gasteiger partial charge in [0.2, 0.25) is 10.0 Å². The first kappa shape index (κ1) is 19.2. The zero-order valence-corrected chi connectivity index (χ0v) is 16.1. The van der Waals surface area contributed by atoms with Crippen molar-refractivity contribution in [2.45, 2.75) is 26.2 Å². The summed E-state index contributed by atoms with van der Waals surface area (Å²) >= 11 is 0. The standard InChI is InChI=1S/C19H24N4O3S/c1-2-12-27(25,26)22-16-7-5-6-15(13-16)19(24)21-17-8-9-18(20-14-17)23-10-3-4-11-23/h5-9,13-14,22H,2-4,10-12H2,1H3,(H,21,24). The normalized spacial score (nSPS) is 14.2. The number of sulfonamides is 1. The third kappa shape index (κ3) is 5.19. The van der Waals surface area contributed by atoms with E-state index in [4.69, 9.17) is 0 Å². The van der Waals surface area contributed by atoms with Crippen molar-refractivity contribution in [2.75, 3.05) is 33.8 Å². The van der Waals surface area contributed by atoms with Gasteiger partial charge in [0.25, 0.3) is 5.91 Å². The molecule has 1 amide bonds. The molecule has 3 rings (SSSR count). The Morgan fingerprint density at radius 3 is 2.59 bits per heavy atom. The zero-order valence-electron chi connectivity index (χ0n) is 15.3. The summed E-state index contributed by atoms with van der Waals surface area (Å²) in [5.74, 6) is 0.637. The van der Waals surface area contributed by atoms with Crippen LogP contribution in [0.15, 0.2) is 42.6 Å². The van der Waals surface area contributed by atoms with E-state index in [1.807, 2.05) is 12.1 Å². The van der Waals surface area contributed by atoms with Crippen molar-refractivity contribution >= 4 is 33.1 Å². The van der Waals surface area contributed by atoms with Crippen LogP contribution < -0.4 is 14.9 Å². The fourth-order valence-corrected chi connectivity index (χ4v) is 4.15. The van der Waals surface area contributed by atoms with E-state index in [-0.39, 0.29) is 11.7 Å². The number of nitrogens with one attached hydrogen (secondary N) is 2. The fraction of sp³-hybridized carbons (Fsp3) is 0.368. The first-order chi connectivity index (χ1) is 13.0. The van der Waals surface area contributed by atoms with Crippen molar-refractivity contribution in [1.82, 2.24) is 4.98 Å². The Morgan fingerprint density at radius 1 is 1.15 bits per heavy atom. The molecule has 0 spiro atoms. The maximum Gasteiger partial charge on any atom is 0.255 e. The fourth-order valence-electron chi connectivity index (χ4n) is 3.02. The minimum Gasteiger partial charge on any atom is -0.357 e. The van der Waals surface area contributed by atoms with Gasteiger partial charge in [-0.3, -0.25) is 9.52 Å². The van der Waals surface area contributed by atoms with Crippen LogP contribution in [0.1, 0.15) is 36.5 Å². The van der Waals surface area contributed by atoms with Crippen molar-refractivity contribution < 1.29 is 13.2 Å². The highest BCUT2D eigenvalue weighted by Gasteiger charge is 2.14. The molecule has 0 unspecified atom stereocenters. The van der Waals surface area contributed by atoms with Gasteiger partial charge < -0.3 is 10.2 Å². The molecule has 27 heavy (non-hydrogen) atoms. The number of nitrogens with zero attached hydrogens (tertiary/aromatic N) is 2. The topological polar surface area (TPSA) is 91.4 Å². The highest BCUT2D eigenvalue weighted by molar-refractivity contribution is 7.92. The molecule has 8 heteroatoms. The molecule has 2 heterocycles. The summed E-state index contributed by atoms with van der Waals surface area (Å²) in [6, 6.07) is 10.2. The summed E-state index contributed by atoms with van der Waals surface area (Å²) < 4.78 is 26.3. The Hall–Kier alpha value is -2.61. The number of benzene rings is 1. The van der Waals surface area contributed by atoms with E-state index in [0.29, 0.717) is 23.4 Å². The van der Waals surface area contributed by atoms with Gasteiger partial charge in [-0.15, -0.1) is 0 Å². The Balaban J connectivity index is 1.66. The van der Waals surface area contributed by atoms with E-state index in [0.717, 1.165) is 18.9 Å². The minimum atomic E-state index is -3.40. The lowest BCUT2D eigenvalue weighted by molar-refractivity contribution is 0.102. The van der Waals surface area contributed by atoms with Gasteiger partial charge in [-0.2, -0.15) is 0 Å².